The van der Waals surface area contributed by atoms with Crippen molar-refractivity contribution in [1.29, 1.82) is 0 Å². The molecule has 0 amide bonds. The van der Waals surface area contributed by atoms with Crippen LogP contribution < -0.4 is 3.51 Å². The molecule has 0 saturated heterocycles. The number of rotatable bonds is 2. The quantitative estimate of drug-likeness (QED) is 0.708. The van der Waals surface area contributed by atoms with Gasteiger partial charge in [0.2, 0.25) is 0 Å². The van der Waals surface area contributed by atoms with Crippen LogP contribution in [0, 0.1) is 0 Å². The Balaban J connectivity index is 1.94. The maximum atomic E-state index is 2.36. The molecule has 0 spiro atoms. The Labute approximate surface area is 125 Å². The summed E-state index contributed by atoms with van der Waals surface area (Å²) in [5.74, 6) is 0. The molecule has 0 N–H and O–H groups in total. The fraction of sp³-hybridized carbons (Fsp3) is 0.176. The molecule has 2 heteroatoms. The van der Waals surface area contributed by atoms with Gasteiger partial charge < -0.3 is 0 Å². The average molecular weight is 375 g/mol. The van der Waals surface area contributed by atoms with E-state index in [9.17, 15) is 0 Å². The van der Waals surface area contributed by atoms with E-state index < -0.39 is 18.8 Å². The Kier molecular flexibility index (Phi) is 4.05. The van der Waals surface area contributed by atoms with Crippen LogP contribution in [0.1, 0.15) is 24.7 Å². The molecule has 0 aliphatic carbocycles. The molecule has 19 heavy (non-hydrogen) atoms. The molecule has 1 heterocycles. The SMILES string of the molecule is CC1=[C](C)[Sb]([c]2ccccc2)[S]C1c1ccccc1. The van der Waals surface area contributed by atoms with E-state index in [1.165, 1.54) is 5.56 Å². The third-order valence-electron chi connectivity index (χ3n) is 3.57. The Morgan fingerprint density at radius 2 is 1.42 bits per heavy atom. The molecule has 1 aliphatic rings. The third-order valence-corrected chi connectivity index (χ3v) is 16.4. The van der Waals surface area contributed by atoms with E-state index in [-0.39, 0.29) is 0 Å². The molecule has 1 aliphatic heterocycles. The van der Waals surface area contributed by atoms with Crippen LogP contribution in [0.5, 0.6) is 0 Å². The van der Waals surface area contributed by atoms with Crippen molar-refractivity contribution in [1.82, 2.24) is 0 Å². The monoisotopic (exact) mass is 374 g/mol. The van der Waals surface area contributed by atoms with Gasteiger partial charge in [0.05, 0.1) is 0 Å². The molecule has 2 aromatic carbocycles. The van der Waals surface area contributed by atoms with Gasteiger partial charge in [-0.2, -0.15) is 0 Å². The molecule has 0 nitrogen and oxygen atoms in total. The van der Waals surface area contributed by atoms with Crippen molar-refractivity contribution >= 4 is 31.2 Å². The first kappa shape index (κ1) is 13.3. The van der Waals surface area contributed by atoms with Gasteiger partial charge in [0.15, 0.2) is 0 Å². The summed E-state index contributed by atoms with van der Waals surface area (Å²) in [6, 6.07) is 22.1. The fourth-order valence-electron chi connectivity index (χ4n) is 2.37. The zero-order valence-electron chi connectivity index (χ0n) is 11.2. The van der Waals surface area contributed by atoms with Crippen molar-refractivity contribution in [3.8, 4) is 0 Å². The van der Waals surface area contributed by atoms with E-state index in [2.05, 4.69) is 83.4 Å². The van der Waals surface area contributed by atoms with Crippen molar-refractivity contribution in [2.75, 3.05) is 0 Å². The summed E-state index contributed by atoms with van der Waals surface area (Å²) in [5, 5.41) is 0.587. The van der Waals surface area contributed by atoms with Gasteiger partial charge in [0.25, 0.3) is 0 Å². The Bertz CT molecular complexity index is 536. The number of hydrogen-bond donors (Lipinski definition) is 0. The summed E-state index contributed by atoms with van der Waals surface area (Å²) >= 11 is -1.51. The van der Waals surface area contributed by atoms with Crippen LogP contribution in [-0.2, 0) is 0 Å². The molecule has 0 saturated carbocycles. The van der Waals surface area contributed by atoms with E-state index in [1.54, 1.807) is 12.6 Å². The van der Waals surface area contributed by atoms with E-state index in [0.717, 1.165) is 0 Å². The van der Waals surface area contributed by atoms with Gasteiger partial charge in [-0.1, -0.05) is 0 Å². The second kappa shape index (κ2) is 5.77. The predicted octanol–water partition coefficient (Wildman–Crippen LogP) is 4.25. The zero-order chi connectivity index (χ0) is 13.2. The number of allylic oxidation sites excluding steroid dienone is 1. The summed E-state index contributed by atoms with van der Waals surface area (Å²) in [5.41, 5.74) is 3.07. The maximum absolute atomic E-state index is 2.36. The molecule has 3 rings (SSSR count). The molecule has 0 bridgehead atoms. The Morgan fingerprint density at radius 3 is 2.05 bits per heavy atom. The molecule has 1 unspecified atom stereocenters. The van der Waals surface area contributed by atoms with Crippen LogP contribution in [0.4, 0.5) is 0 Å². The van der Waals surface area contributed by atoms with Crippen LogP contribution in [0.15, 0.2) is 69.8 Å². The molecule has 96 valence electrons. The van der Waals surface area contributed by atoms with Crippen LogP contribution in [0.3, 0.4) is 0 Å². The van der Waals surface area contributed by atoms with Crippen molar-refractivity contribution in [3.05, 3.63) is 75.3 Å². The molecule has 1 atom stereocenters. The van der Waals surface area contributed by atoms with Crippen LogP contribution in [0.25, 0.3) is 0 Å². The molecule has 0 fully saturated rings. The van der Waals surface area contributed by atoms with E-state index in [1.807, 2.05) is 0 Å². The van der Waals surface area contributed by atoms with Crippen molar-refractivity contribution in [2.45, 2.75) is 19.1 Å². The second-order valence-electron chi connectivity index (χ2n) is 4.79. The first-order valence-corrected chi connectivity index (χ1v) is 13.0. The molecular formula is C17H17SSb. The average Bonchev–Trinajstić information content (AvgIpc) is 2.77. The van der Waals surface area contributed by atoms with Gasteiger partial charge in [-0.05, 0) is 0 Å². The van der Waals surface area contributed by atoms with Gasteiger partial charge in [0.1, 0.15) is 0 Å². The molecule has 2 aromatic rings. The first-order valence-electron chi connectivity index (χ1n) is 6.51. The zero-order valence-corrected chi connectivity index (χ0v) is 14.6. The summed E-state index contributed by atoms with van der Waals surface area (Å²) in [6.45, 7) is 4.69. The van der Waals surface area contributed by atoms with Crippen molar-refractivity contribution in [3.63, 3.8) is 0 Å². The first-order chi connectivity index (χ1) is 9.27. The minimum absolute atomic E-state index is 0.587. The summed E-state index contributed by atoms with van der Waals surface area (Å²) in [7, 11) is 2.24. The fourth-order valence-corrected chi connectivity index (χ4v) is 15.8. The van der Waals surface area contributed by atoms with Gasteiger partial charge in [-0.15, -0.1) is 0 Å². The minimum atomic E-state index is -1.51. The summed E-state index contributed by atoms with van der Waals surface area (Å²) in [6.07, 6.45) is 0. The van der Waals surface area contributed by atoms with Crippen molar-refractivity contribution < 1.29 is 0 Å². The third kappa shape index (κ3) is 2.64. The van der Waals surface area contributed by atoms with Crippen LogP contribution in [0.2, 0.25) is 0 Å². The van der Waals surface area contributed by atoms with Gasteiger partial charge >= 0.3 is 126 Å². The van der Waals surface area contributed by atoms with E-state index >= 15 is 0 Å². The Morgan fingerprint density at radius 1 is 0.842 bits per heavy atom. The second-order valence-corrected chi connectivity index (χ2v) is 14.8. The van der Waals surface area contributed by atoms with Gasteiger partial charge in [-0.3, -0.25) is 0 Å². The van der Waals surface area contributed by atoms with E-state index in [0.29, 0.717) is 5.25 Å². The topological polar surface area (TPSA) is 0 Å². The van der Waals surface area contributed by atoms with Crippen LogP contribution >= 0.6 is 8.85 Å². The number of hydrogen-bond acceptors (Lipinski definition) is 1. The molecular weight excluding hydrogens is 358 g/mol. The van der Waals surface area contributed by atoms with Crippen molar-refractivity contribution in [2.24, 2.45) is 0 Å². The molecule has 0 aromatic heterocycles. The van der Waals surface area contributed by atoms with Gasteiger partial charge in [-0.25, -0.2) is 0 Å². The Hall–Kier alpha value is -0.652. The standard InChI is InChI=1S/C11H13S.C6H5.Sb/c1-3-9(2)11(12)10-7-5-4-6-8-10;1-2-4-6-5-3-1;/h4-8,11-12H,1-2H3;1-5H;/q;;+1/p-1. The number of benzene rings is 2. The van der Waals surface area contributed by atoms with Crippen LogP contribution in [-0.4, -0.2) is 18.8 Å². The predicted molar refractivity (Wildman–Crippen MR) is 87.0 cm³/mol. The van der Waals surface area contributed by atoms with E-state index in [4.69, 9.17) is 0 Å². The normalized spacial score (nSPS) is 20.0. The molecule has 0 radical (unpaired) electrons. The summed E-state index contributed by atoms with van der Waals surface area (Å²) in [4.78, 5) is 0. The van der Waals surface area contributed by atoms with Gasteiger partial charge in [0, 0.05) is 0 Å². The summed E-state index contributed by atoms with van der Waals surface area (Å²) < 4.78 is 3.30.